The SMILES string of the molecule is CC(C)n1c(CN2CCOC(c3cccc(Nc4ccc(F)cn4)n3)C2)nc2ccccc21. The van der Waals surface area contributed by atoms with Crippen LogP contribution >= 0.6 is 0 Å². The minimum absolute atomic E-state index is 0.140. The summed E-state index contributed by atoms with van der Waals surface area (Å²) >= 11 is 0. The third kappa shape index (κ3) is 4.72. The molecule has 0 radical (unpaired) electrons. The standard InChI is InChI=1S/C25H27FN6O/c1-17(2)32-21-8-4-3-6-19(21)29-25(32)16-31-12-13-33-22(15-31)20-7-5-9-24(28-20)30-23-11-10-18(26)14-27-23/h3-11,14,17,22H,12-13,15-16H2,1-2H3,(H,27,28,30). The highest BCUT2D eigenvalue weighted by Gasteiger charge is 2.25. The minimum Gasteiger partial charge on any atom is -0.369 e. The molecule has 170 valence electrons. The second kappa shape index (κ2) is 9.25. The van der Waals surface area contributed by atoms with Crippen molar-refractivity contribution in [1.29, 1.82) is 0 Å². The summed E-state index contributed by atoms with van der Waals surface area (Å²) in [4.78, 5) is 16.0. The summed E-state index contributed by atoms with van der Waals surface area (Å²) < 4.78 is 21.5. The molecule has 0 spiro atoms. The lowest BCUT2D eigenvalue weighted by molar-refractivity contribution is -0.0359. The second-order valence-corrected chi connectivity index (χ2v) is 8.51. The van der Waals surface area contributed by atoms with Gasteiger partial charge in [0.15, 0.2) is 0 Å². The maximum Gasteiger partial charge on any atom is 0.141 e. The Morgan fingerprint density at radius 3 is 2.76 bits per heavy atom. The predicted octanol–water partition coefficient (Wildman–Crippen LogP) is 4.86. The molecule has 8 heteroatoms. The largest absolute Gasteiger partial charge is 0.369 e. The number of aromatic nitrogens is 4. The Balaban J connectivity index is 1.32. The first-order chi connectivity index (χ1) is 16.1. The van der Waals surface area contributed by atoms with Crippen LogP contribution in [0.5, 0.6) is 0 Å². The highest BCUT2D eigenvalue weighted by atomic mass is 19.1. The van der Waals surface area contributed by atoms with Crippen LogP contribution in [0.3, 0.4) is 0 Å². The fourth-order valence-corrected chi connectivity index (χ4v) is 4.29. The van der Waals surface area contributed by atoms with Gasteiger partial charge in [-0.3, -0.25) is 4.90 Å². The van der Waals surface area contributed by atoms with Gasteiger partial charge in [0.25, 0.3) is 0 Å². The van der Waals surface area contributed by atoms with Crippen molar-refractivity contribution in [2.45, 2.75) is 32.5 Å². The van der Waals surface area contributed by atoms with E-state index in [-0.39, 0.29) is 11.9 Å². The van der Waals surface area contributed by atoms with Gasteiger partial charge in [-0.25, -0.2) is 19.3 Å². The average Bonchev–Trinajstić information content (AvgIpc) is 3.19. The quantitative estimate of drug-likeness (QED) is 0.456. The molecule has 0 saturated carbocycles. The molecular weight excluding hydrogens is 419 g/mol. The fourth-order valence-electron chi connectivity index (χ4n) is 4.29. The molecule has 0 amide bonds. The summed E-state index contributed by atoms with van der Waals surface area (Å²) in [6, 6.07) is 17.3. The molecule has 1 N–H and O–H groups in total. The van der Waals surface area contributed by atoms with Crippen LogP contribution in [0.25, 0.3) is 11.0 Å². The molecule has 1 unspecified atom stereocenters. The van der Waals surface area contributed by atoms with E-state index in [4.69, 9.17) is 14.7 Å². The van der Waals surface area contributed by atoms with Gasteiger partial charge in [-0.15, -0.1) is 0 Å². The minimum atomic E-state index is -0.371. The normalized spacial score (nSPS) is 17.0. The summed E-state index contributed by atoms with van der Waals surface area (Å²) in [7, 11) is 0. The van der Waals surface area contributed by atoms with Crippen molar-refractivity contribution in [3.63, 3.8) is 0 Å². The summed E-state index contributed by atoms with van der Waals surface area (Å²) in [5, 5.41) is 3.13. The van der Waals surface area contributed by atoms with Gasteiger partial charge in [0.2, 0.25) is 0 Å². The maximum atomic E-state index is 13.1. The Morgan fingerprint density at radius 1 is 1.06 bits per heavy atom. The molecule has 1 aliphatic heterocycles. The molecule has 7 nitrogen and oxygen atoms in total. The van der Waals surface area contributed by atoms with Crippen LogP contribution in [0.15, 0.2) is 60.8 Å². The first-order valence-electron chi connectivity index (χ1n) is 11.2. The van der Waals surface area contributed by atoms with E-state index in [1.807, 2.05) is 24.3 Å². The van der Waals surface area contributed by atoms with E-state index in [0.29, 0.717) is 24.3 Å². The number of anilines is 2. The molecule has 5 rings (SSSR count). The first kappa shape index (κ1) is 21.5. The Labute approximate surface area is 192 Å². The smallest absolute Gasteiger partial charge is 0.141 e. The van der Waals surface area contributed by atoms with Crippen LogP contribution in [-0.4, -0.2) is 44.1 Å². The number of nitrogens with one attached hydrogen (secondary N) is 1. The highest BCUT2D eigenvalue weighted by molar-refractivity contribution is 5.76. The summed E-state index contributed by atoms with van der Waals surface area (Å²) in [6.45, 7) is 7.34. The van der Waals surface area contributed by atoms with Gasteiger partial charge < -0.3 is 14.6 Å². The van der Waals surface area contributed by atoms with Crippen molar-refractivity contribution >= 4 is 22.7 Å². The lowest BCUT2D eigenvalue weighted by atomic mass is 10.2. The number of fused-ring (bicyclic) bond motifs is 1. The molecule has 0 bridgehead atoms. The number of halogens is 1. The number of morpholine rings is 1. The van der Waals surface area contributed by atoms with Crippen LogP contribution in [0, 0.1) is 5.82 Å². The van der Waals surface area contributed by atoms with E-state index in [9.17, 15) is 4.39 Å². The van der Waals surface area contributed by atoms with E-state index in [1.54, 1.807) is 6.07 Å². The van der Waals surface area contributed by atoms with Crippen LogP contribution in [0.2, 0.25) is 0 Å². The van der Waals surface area contributed by atoms with Crippen molar-refractivity contribution in [2.75, 3.05) is 25.0 Å². The van der Waals surface area contributed by atoms with Crippen molar-refractivity contribution < 1.29 is 9.13 Å². The molecule has 0 aliphatic carbocycles. The van der Waals surface area contributed by atoms with Gasteiger partial charge in [0, 0.05) is 19.1 Å². The lowest BCUT2D eigenvalue weighted by Crippen LogP contribution is -2.38. The number of ether oxygens (including phenoxy) is 1. The van der Waals surface area contributed by atoms with E-state index in [1.165, 1.54) is 17.8 Å². The zero-order chi connectivity index (χ0) is 22.8. The summed E-state index contributed by atoms with van der Waals surface area (Å²) in [5.41, 5.74) is 3.05. The molecule has 3 aromatic heterocycles. The summed E-state index contributed by atoms with van der Waals surface area (Å²) in [5.74, 6) is 1.88. The van der Waals surface area contributed by atoms with Gasteiger partial charge in [0.05, 0.1) is 36.1 Å². The van der Waals surface area contributed by atoms with Crippen LogP contribution in [0.1, 0.15) is 37.5 Å². The second-order valence-electron chi connectivity index (χ2n) is 8.51. The van der Waals surface area contributed by atoms with Gasteiger partial charge in [-0.1, -0.05) is 18.2 Å². The predicted molar refractivity (Wildman–Crippen MR) is 126 cm³/mol. The van der Waals surface area contributed by atoms with Crippen molar-refractivity contribution in [3.8, 4) is 0 Å². The average molecular weight is 447 g/mol. The molecule has 1 aliphatic rings. The molecule has 4 heterocycles. The molecule has 1 saturated heterocycles. The van der Waals surface area contributed by atoms with Gasteiger partial charge in [0.1, 0.15) is 29.4 Å². The van der Waals surface area contributed by atoms with Gasteiger partial charge in [-0.05, 0) is 50.2 Å². The Morgan fingerprint density at radius 2 is 1.94 bits per heavy atom. The monoisotopic (exact) mass is 446 g/mol. The Kier molecular flexibility index (Phi) is 6.02. The third-order valence-corrected chi connectivity index (χ3v) is 5.78. The summed E-state index contributed by atoms with van der Waals surface area (Å²) in [6.07, 6.45) is 1.04. The van der Waals surface area contributed by atoms with Crippen LogP contribution < -0.4 is 5.32 Å². The fraction of sp³-hybridized carbons (Fsp3) is 0.320. The van der Waals surface area contributed by atoms with E-state index < -0.39 is 0 Å². The zero-order valence-corrected chi connectivity index (χ0v) is 18.8. The highest BCUT2D eigenvalue weighted by Crippen LogP contribution is 2.26. The van der Waals surface area contributed by atoms with E-state index in [0.717, 1.165) is 36.7 Å². The van der Waals surface area contributed by atoms with Gasteiger partial charge >= 0.3 is 0 Å². The number of nitrogens with zero attached hydrogens (tertiary/aromatic N) is 5. The number of hydrogen-bond acceptors (Lipinski definition) is 6. The molecule has 1 atom stereocenters. The topological polar surface area (TPSA) is 68.1 Å². The van der Waals surface area contributed by atoms with Crippen LogP contribution in [-0.2, 0) is 11.3 Å². The van der Waals surface area contributed by atoms with Crippen LogP contribution in [0.4, 0.5) is 16.0 Å². The molecule has 4 aromatic rings. The lowest BCUT2D eigenvalue weighted by Gasteiger charge is -2.32. The molecule has 33 heavy (non-hydrogen) atoms. The number of para-hydroxylation sites is 2. The number of rotatable bonds is 6. The van der Waals surface area contributed by atoms with E-state index in [2.05, 4.69) is 51.8 Å². The third-order valence-electron chi connectivity index (χ3n) is 5.78. The number of benzene rings is 1. The molecule has 1 fully saturated rings. The number of hydrogen-bond donors (Lipinski definition) is 1. The number of imidazole rings is 1. The van der Waals surface area contributed by atoms with E-state index >= 15 is 0 Å². The van der Waals surface area contributed by atoms with Gasteiger partial charge in [-0.2, -0.15) is 0 Å². The van der Waals surface area contributed by atoms with Crippen molar-refractivity contribution in [2.24, 2.45) is 0 Å². The Hall–Kier alpha value is -3.36. The van der Waals surface area contributed by atoms with Crippen molar-refractivity contribution in [3.05, 3.63) is 78.1 Å². The number of pyridine rings is 2. The first-order valence-corrected chi connectivity index (χ1v) is 11.2. The maximum absolute atomic E-state index is 13.1. The Bertz CT molecular complexity index is 1240. The molecule has 1 aromatic carbocycles. The molecular formula is C25H27FN6O. The van der Waals surface area contributed by atoms with Crippen molar-refractivity contribution in [1.82, 2.24) is 24.4 Å². The zero-order valence-electron chi connectivity index (χ0n) is 18.8.